The summed E-state index contributed by atoms with van der Waals surface area (Å²) in [5.41, 5.74) is 0. The molecule has 26 heavy (non-hydrogen) atoms. The van der Waals surface area contributed by atoms with Crippen LogP contribution in [0.1, 0.15) is 57.2 Å². The quantitative estimate of drug-likeness (QED) is 0.737. The van der Waals surface area contributed by atoms with Gasteiger partial charge in [0.05, 0.1) is 13.1 Å². The van der Waals surface area contributed by atoms with Gasteiger partial charge in [-0.25, -0.2) is 0 Å². The number of aromatic nitrogens is 2. The van der Waals surface area contributed by atoms with Crippen LogP contribution < -0.4 is 0 Å². The third kappa shape index (κ3) is 5.77. The van der Waals surface area contributed by atoms with Crippen molar-refractivity contribution in [2.24, 2.45) is 0 Å². The van der Waals surface area contributed by atoms with Gasteiger partial charge < -0.3 is 9.42 Å². The molecule has 3 rings (SSSR count). The summed E-state index contributed by atoms with van der Waals surface area (Å²) < 4.78 is 5.31. The highest BCUT2D eigenvalue weighted by atomic mass is 16.5. The first-order valence-electron chi connectivity index (χ1n) is 10.3. The minimum atomic E-state index is 0.305. The van der Waals surface area contributed by atoms with Crippen LogP contribution in [0, 0.1) is 0 Å². The zero-order valence-electron chi connectivity index (χ0n) is 16.2. The zero-order chi connectivity index (χ0) is 18.2. The number of carbonyl (C=O) groups is 1. The summed E-state index contributed by atoms with van der Waals surface area (Å²) in [6.07, 6.45) is 7.93. The second kappa shape index (κ2) is 10.0. The molecule has 2 saturated heterocycles. The van der Waals surface area contributed by atoms with Gasteiger partial charge in [-0.2, -0.15) is 4.98 Å². The van der Waals surface area contributed by atoms with Crippen molar-refractivity contribution in [2.75, 3.05) is 45.8 Å². The molecule has 0 atom stereocenters. The van der Waals surface area contributed by atoms with Gasteiger partial charge in [0.25, 0.3) is 0 Å². The minimum Gasteiger partial charge on any atom is -0.342 e. The molecule has 1 aromatic heterocycles. The van der Waals surface area contributed by atoms with E-state index >= 15 is 0 Å². The Balaban J connectivity index is 1.38. The summed E-state index contributed by atoms with van der Waals surface area (Å²) in [6.45, 7) is 9.11. The van der Waals surface area contributed by atoms with Gasteiger partial charge in [0, 0.05) is 45.7 Å². The fraction of sp³-hybridized carbons (Fsp3) is 0.842. The van der Waals surface area contributed by atoms with Gasteiger partial charge in [-0.05, 0) is 19.3 Å². The third-order valence-electron chi connectivity index (χ3n) is 5.40. The van der Waals surface area contributed by atoms with E-state index in [1.165, 1.54) is 12.8 Å². The standard InChI is InChI=1S/C19H33N5O2/c1-2-3-8-18-20-17(21-26-18)15-22-11-13-23(14-12-22)16-19(25)24-9-6-4-5-7-10-24/h2-16H2,1H3. The van der Waals surface area contributed by atoms with E-state index in [0.29, 0.717) is 12.5 Å². The van der Waals surface area contributed by atoms with Crippen LogP contribution in [-0.2, 0) is 17.8 Å². The Morgan fingerprint density at radius 3 is 2.38 bits per heavy atom. The molecule has 7 nitrogen and oxygen atoms in total. The molecule has 0 N–H and O–H groups in total. The summed E-state index contributed by atoms with van der Waals surface area (Å²) in [5, 5.41) is 4.10. The molecule has 2 fully saturated rings. The molecule has 0 aromatic carbocycles. The molecule has 0 radical (unpaired) electrons. The van der Waals surface area contributed by atoms with Gasteiger partial charge >= 0.3 is 0 Å². The van der Waals surface area contributed by atoms with Gasteiger partial charge in [0.15, 0.2) is 5.82 Å². The molecule has 146 valence electrons. The first kappa shape index (κ1) is 19.3. The normalized spacial score (nSPS) is 20.3. The molecule has 2 aliphatic rings. The van der Waals surface area contributed by atoms with Crippen molar-refractivity contribution in [3.05, 3.63) is 11.7 Å². The van der Waals surface area contributed by atoms with Gasteiger partial charge in [0.2, 0.25) is 11.8 Å². The Morgan fingerprint density at radius 2 is 1.69 bits per heavy atom. The molecule has 2 aliphatic heterocycles. The lowest BCUT2D eigenvalue weighted by atomic mass is 10.2. The SMILES string of the molecule is CCCCc1nc(CN2CCN(CC(=O)N3CCCCCC3)CC2)no1. The minimum absolute atomic E-state index is 0.305. The topological polar surface area (TPSA) is 65.7 Å². The van der Waals surface area contributed by atoms with Crippen LogP contribution in [0.25, 0.3) is 0 Å². The summed E-state index contributed by atoms with van der Waals surface area (Å²) in [6, 6.07) is 0. The molecule has 0 saturated carbocycles. The molecule has 0 bridgehead atoms. The maximum atomic E-state index is 12.5. The molecule has 1 aromatic rings. The largest absolute Gasteiger partial charge is 0.342 e. The van der Waals surface area contributed by atoms with E-state index in [9.17, 15) is 4.79 Å². The van der Waals surface area contributed by atoms with E-state index in [2.05, 4.69) is 31.8 Å². The van der Waals surface area contributed by atoms with Crippen LogP contribution in [0.5, 0.6) is 0 Å². The average Bonchev–Trinajstić information content (AvgIpc) is 2.92. The zero-order valence-corrected chi connectivity index (χ0v) is 16.2. The number of nitrogens with zero attached hydrogens (tertiary/aromatic N) is 5. The number of likely N-dealkylation sites (tertiary alicyclic amines) is 1. The Labute approximate surface area is 156 Å². The molecular formula is C19H33N5O2. The van der Waals surface area contributed by atoms with Crippen LogP contribution in [0.4, 0.5) is 0 Å². The van der Waals surface area contributed by atoms with E-state index in [-0.39, 0.29) is 0 Å². The van der Waals surface area contributed by atoms with Crippen LogP contribution in [-0.4, -0.2) is 76.6 Å². The number of hydrogen-bond acceptors (Lipinski definition) is 6. The summed E-state index contributed by atoms with van der Waals surface area (Å²) in [7, 11) is 0. The van der Waals surface area contributed by atoms with Gasteiger partial charge in [-0.3, -0.25) is 14.6 Å². The highest BCUT2D eigenvalue weighted by Crippen LogP contribution is 2.12. The van der Waals surface area contributed by atoms with Crippen LogP contribution in [0.3, 0.4) is 0 Å². The summed E-state index contributed by atoms with van der Waals surface area (Å²) >= 11 is 0. The van der Waals surface area contributed by atoms with E-state index in [1.807, 2.05) is 0 Å². The van der Waals surface area contributed by atoms with Crippen molar-refractivity contribution in [1.29, 1.82) is 0 Å². The van der Waals surface area contributed by atoms with Gasteiger partial charge in [0.1, 0.15) is 0 Å². The fourth-order valence-corrected chi connectivity index (χ4v) is 3.70. The van der Waals surface area contributed by atoms with E-state index < -0.39 is 0 Å². The Bertz CT molecular complexity index is 546. The maximum absolute atomic E-state index is 12.5. The van der Waals surface area contributed by atoms with Crippen LogP contribution in [0.15, 0.2) is 4.52 Å². The van der Waals surface area contributed by atoms with Crippen LogP contribution >= 0.6 is 0 Å². The fourth-order valence-electron chi connectivity index (χ4n) is 3.70. The number of aryl methyl sites for hydroxylation is 1. The van der Waals surface area contributed by atoms with Crippen molar-refractivity contribution in [2.45, 2.75) is 58.4 Å². The second-order valence-electron chi connectivity index (χ2n) is 7.56. The predicted octanol–water partition coefficient (Wildman–Crippen LogP) is 1.93. The predicted molar refractivity (Wildman–Crippen MR) is 99.7 cm³/mol. The number of carbonyl (C=O) groups excluding carboxylic acids is 1. The lowest BCUT2D eigenvalue weighted by Gasteiger charge is -2.34. The molecule has 0 aliphatic carbocycles. The lowest BCUT2D eigenvalue weighted by Crippen LogP contribution is -2.50. The Morgan fingerprint density at radius 1 is 1.00 bits per heavy atom. The van der Waals surface area contributed by atoms with Crippen molar-refractivity contribution < 1.29 is 9.32 Å². The summed E-state index contributed by atoms with van der Waals surface area (Å²) in [5.74, 6) is 1.84. The molecule has 7 heteroatoms. The number of rotatable bonds is 7. The highest BCUT2D eigenvalue weighted by molar-refractivity contribution is 5.78. The van der Waals surface area contributed by atoms with E-state index in [4.69, 9.17) is 4.52 Å². The third-order valence-corrected chi connectivity index (χ3v) is 5.40. The van der Waals surface area contributed by atoms with Gasteiger partial charge in [-0.15, -0.1) is 0 Å². The van der Waals surface area contributed by atoms with Crippen molar-refractivity contribution in [1.82, 2.24) is 24.8 Å². The monoisotopic (exact) mass is 363 g/mol. The van der Waals surface area contributed by atoms with E-state index in [1.54, 1.807) is 0 Å². The number of unbranched alkanes of at least 4 members (excludes halogenated alkanes) is 1. The number of hydrogen-bond donors (Lipinski definition) is 0. The maximum Gasteiger partial charge on any atom is 0.236 e. The molecule has 0 spiro atoms. The van der Waals surface area contributed by atoms with Crippen molar-refractivity contribution in [3.63, 3.8) is 0 Å². The smallest absolute Gasteiger partial charge is 0.236 e. The molecule has 3 heterocycles. The first-order valence-corrected chi connectivity index (χ1v) is 10.3. The Hall–Kier alpha value is -1.47. The van der Waals surface area contributed by atoms with Crippen LogP contribution in [0.2, 0.25) is 0 Å². The lowest BCUT2D eigenvalue weighted by molar-refractivity contribution is -0.132. The molecule has 1 amide bonds. The molecular weight excluding hydrogens is 330 g/mol. The highest BCUT2D eigenvalue weighted by Gasteiger charge is 2.23. The Kier molecular flexibility index (Phi) is 7.43. The first-order chi connectivity index (χ1) is 12.7. The number of piperazine rings is 1. The van der Waals surface area contributed by atoms with Crippen molar-refractivity contribution in [3.8, 4) is 0 Å². The average molecular weight is 364 g/mol. The second-order valence-corrected chi connectivity index (χ2v) is 7.56. The van der Waals surface area contributed by atoms with E-state index in [0.717, 1.165) is 89.6 Å². The van der Waals surface area contributed by atoms with Gasteiger partial charge in [-0.1, -0.05) is 31.3 Å². The van der Waals surface area contributed by atoms with Crippen molar-refractivity contribution >= 4 is 5.91 Å². The summed E-state index contributed by atoms with van der Waals surface area (Å²) in [4.78, 5) is 23.7. The molecule has 0 unspecified atom stereocenters. The number of amides is 1.